The van der Waals surface area contributed by atoms with Crippen LogP contribution in [0.15, 0.2) is 42.5 Å². The third-order valence-corrected chi connectivity index (χ3v) is 4.20. The van der Waals surface area contributed by atoms with Crippen LogP contribution < -0.4 is 0 Å². The molecule has 0 N–H and O–H groups in total. The fraction of sp³-hybridized carbons (Fsp3) is 0.200. The lowest BCUT2D eigenvalue weighted by Crippen LogP contribution is -1.96. The van der Waals surface area contributed by atoms with Crippen molar-refractivity contribution in [2.24, 2.45) is 0 Å². The van der Waals surface area contributed by atoms with Crippen molar-refractivity contribution in [2.75, 3.05) is 0 Å². The highest BCUT2D eigenvalue weighted by atomic mass is 35.5. The Labute approximate surface area is 115 Å². The SMILES string of the molecule is Fc1ccc([C@H]2C[C@@H](Cl)c3ccccc32)cc1Cl. The lowest BCUT2D eigenvalue weighted by Gasteiger charge is -2.12. The summed E-state index contributed by atoms with van der Waals surface area (Å²) in [5, 5.41) is 0.193. The van der Waals surface area contributed by atoms with Crippen molar-refractivity contribution in [2.45, 2.75) is 17.7 Å². The Morgan fingerprint density at radius 2 is 1.78 bits per heavy atom. The van der Waals surface area contributed by atoms with E-state index in [-0.39, 0.29) is 22.1 Å². The van der Waals surface area contributed by atoms with Crippen LogP contribution in [-0.4, -0.2) is 0 Å². The molecule has 1 aliphatic rings. The summed E-state index contributed by atoms with van der Waals surface area (Å²) < 4.78 is 13.2. The number of rotatable bonds is 1. The van der Waals surface area contributed by atoms with E-state index in [4.69, 9.17) is 23.2 Å². The molecule has 0 aromatic heterocycles. The first-order chi connectivity index (χ1) is 8.66. The van der Waals surface area contributed by atoms with E-state index in [1.807, 2.05) is 12.1 Å². The zero-order chi connectivity index (χ0) is 12.7. The van der Waals surface area contributed by atoms with Crippen molar-refractivity contribution in [3.05, 3.63) is 70.0 Å². The van der Waals surface area contributed by atoms with Gasteiger partial charge in [0.05, 0.1) is 10.4 Å². The van der Waals surface area contributed by atoms with Crippen LogP contribution >= 0.6 is 23.2 Å². The van der Waals surface area contributed by atoms with E-state index in [1.165, 1.54) is 17.2 Å². The average molecular weight is 281 g/mol. The molecular weight excluding hydrogens is 270 g/mol. The maximum absolute atomic E-state index is 13.2. The largest absolute Gasteiger partial charge is 0.205 e. The fourth-order valence-corrected chi connectivity index (χ4v) is 3.19. The van der Waals surface area contributed by atoms with Gasteiger partial charge in [0.25, 0.3) is 0 Å². The number of halogens is 3. The second-order valence-electron chi connectivity index (χ2n) is 4.56. The third kappa shape index (κ3) is 1.92. The molecule has 0 radical (unpaired) electrons. The summed E-state index contributed by atoms with van der Waals surface area (Å²) in [7, 11) is 0. The van der Waals surface area contributed by atoms with E-state index in [0.29, 0.717) is 0 Å². The molecule has 0 spiro atoms. The summed E-state index contributed by atoms with van der Waals surface area (Å²) >= 11 is 12.2. The van der Waals surface area contributed by atoms with Gasteiger partial charge >= 0.3 is 0 Å². The molecule has 0 aliphatic heterocycles. The molecule has 3 heteroatoms. The summed E-state index contributed by atoms with van der Waals surface area (Å²) in [5.41, 5.74) is 3.42. The molecule has 2 atom stereocenters. The lowest BCUT2D eigenvalue weighted by molar-refractivity contribution is 0.626. The second-order valence-corrected chi connectivity index (χ2v) is 5.49. The standard InChI is InChI=1S/C15H11Cl2F/c16-13-8-12(10-3-1-2-4-11(10)13)9-5-6-15(18)14(17)7-9/h1-7,12-13H,8H2/t12-,13-/m1/s1. The first kappa shape index (κ1) is 12.0. The highest BCUT2D eigenvalue weighted by molar-refractivity contribution is 6.30. The van der Waals surface area contributed by atoms with Gasteiger partial charge < -0.3 is 0 Å². The molecule has 0 saturated carbocycles. The zero-order valence-electron chi connectivity index (χ0n) is 9.54. The van der Waals surface area contributed by atoms with Crippen LogP contribution in [0.4, 0.5) is 4.39 Å². The predicted octanol–water partition coefficient (Wildman–Crippen LogP) is 5.29. The van der Waals surface area contributed by atoms with Crippen molar-refractivity contribution < 1.29 is 4.39 Å². The molecule has 18 heavy (non-hydrogen) atoms. The molecule has 2 aromatic rings. The van der Waals surface area contributed by atoms with Crippen LogP contribution in [0.5, 0.6) is 0 Å². The number of fused-ring (bicyclic) bond motifs is 1. The van der Waals surface area contributed by atoms with Gasteiger partial charge in [0, 0.05) is 5.92 Å². The highest BCUT2D eigenvalue weighted by Gasteiger charge is 2.30. The Morgan fingerprint density at radius 1 is 1.06 bits per heavy atom. The van der Waals surface area contributed by atoms with E-state index in [2.05, 4.69) is 12.1 Å². The van der Waals surface area contributed by atoms with E-state index >= 15 is 0 Å². The Balaban J connectivity index is 2.06. The number of hydrogen-bond acceptors (Lipinski definition) is 0. The van der Waals surface area contributed by atoms with E-state index in [1.54, 1.807) is 12.1 Å². The highest BCUT2D eigenvalue weighted by Crippen LogP contribution is 2.47. The van der Waals surface area contributed by atoms with Crippen molar-refractivity contribution in [1.29, 1.82) is 0 Å². The second kappa shape index (κ2) is 4.56. The number of benzene rings is 2. The fourth-order valence-electron chi connectivity index (χ4n) is 2.62. The lowest BCUT2D eigenvalue weighted by atomic mass is 9.93. The Bertz CT molecular complexity index is 595. The smallest absolute Gasteiger partial charge is 0.141 e. The van der Waals surface area contributed by atoms with Gasteiger partial charge in [-0.1, -0.05) is 41.9 Å². The Morgan fingerprint density at radius 3 is 2.50 bits per heavy atom. The Kier molecular flexibility index (Phi) is 3.04. The molecule has 0 heterocycles. The Hall–Kier alpha value is -1.05. The van der Waals surface area contributed by atoms with Crippen molar-refractivity contribution in [3.8, 4) is 0 Å². The van der Waals surface area contributed by atoms with Crippen molar-refractivity contribution in [3.63, 3.8) is 0 Å². The van der Waals surface area contributed by atoms with Gasteiger partial charge in [-0.05, 0) is 35.2 Å². The molecule has 3 rings (SSSR count). The molecule has 92 valence electrons. The number of hydrogen-bond donors (Lipinski definition) is 0. The number of alkyl halides is 1. The minimum atomic E-state index is -0.380. The molecule has 0 bridgehead atoms. The first-order valence-corrected chi connectivity index (χ1v) is 6.66. The summed E-state index contributed by atoms with van der Waals surface area (Å²) in [6, 6.07) is 13.0. The summed E-state index contributed by atoms with van der Waals surface area (Å²) in [6.07, 6.45) is 0.836. The van der Waals surface area contributed by atoms with Gasteiger partial charge in [0.1, 0.15) is 5.82 Å². The van der Waals surface area contributed by atoms with Crippen LogP contribution in [-0.2, 0) is 0 Å². The topological polar surface area (TPSA) is 0 Å². The maximum Gasteiger partial charge on any atom is 0.141 e. The van der Waals surface area contributed by atoms with Gasteiger partial charge in [0.15, 0.2) is 0 Å². The van der Waals surface area contributed by atoms with Gasteiger partial charge in [0.2, 0.25) is 0 Å². The zero-order valence-corrected chi connectivity index (χ0v) is 11.0. The molecule has 0 nitrogen and oxygen atoms in total. The predicted molar refractivity (Wildman–Crippen MR) is 72.9 cm³/mol. The molecule has 0 amide bonds. The van der Waals surface area contributed by atoms with Crippen LogP contribution in [0.3, 0.4) is 0 Å². The first-order valence-electron chi connectivity index (χ1n) is 5.84. The van der Waals surface area contributed by atoms with Gasteiger partial charge in [-0.25, -0.2) is 4.39 Å². The maximum atomic E-state index is 13.2. The normalized spacial score (nSPS) is 21.9. The minimum Gasteiger partial charge on any atom is -0.205 e. The average Bonchev–Trinajstić information content (AvgIpc) is 2.71. The van der Waals surface area contributed by atoms with Gasteiger partial charge in [-0.2, -0.15) is 0 Å². The molecular formula is C15H11Cl2F. The molecule has 0 unspecified atom stereocenters. The minimum absolute atomic E-state index is 0.0232. The van der Waals surface area contributed by atoms with Crippen LogP contribution in [0.1, 0.15) is 34.4 Å². The van der Waals surface area contributed by atoms with Crippen LogP contribution in [0.25, 0.3) is 0 Å². The van der Waals surface area contributed by atoms with Crippen molar-refractivity contribution in [1.82, 2.24) is 0 Å². The third-order valence-electron chi connectivity index (χ3n) is 3.50. The van der Waals surface area contributed by atoms with Crippen LogP contribution in [0, 0.1) is 5.82 Å². The summed E-state index contributed by atoms with van der Waals surface area (Å²) in [5.74, 6) is -0.170. The van der Waals surface area contributed by atoms with Gasteiger partial charge in [-0.3, -0.25) is 0 Å². The monoisotopic (exact) mass is 280 g/mol. The van der Waals surface area contributed by atoms with Gasteiger partial charge in [-0.15, -0.1) is 11.6 Å². The van der Waals surface area contributed by atoms with E-state index in [9.17, 15) is 4.39 Å². The van der Waals surface area contributed by atoms with Crippen molar-refractivity contribution >= 4 is 23.2 Å². The molecule has 1 aliphatic carbocycles. The quantitative estimate of drug-likeness (QED) is 0.623. The molecule has 2 aromatic carbocycles. The summed E-state index contributed by atoms with van der Waals surface area (Å²) in [4.78, 5) is 0. The molecule has 0 fully saturated rings. The molecule has 0 saturated heterocycles. The van der Waals surface area contributed by atoms with E-state index < -0.39 is 0 Å². The summed E-state index contributed by atoms with van der Waals surface area (Å²) in [6.45, 7) is 0. The van der Waals surface area contributed by atoms with E-state index in [0.717, 1.165) is 12.0 Å². The van der Waals surface area contributed by atoms with Crippen LogP contribution in [0.2, 0.25) is 5.02 Å².